The van der Waals surface area contributed by atoms with E-state index >= 15 is 0 Å². The Hall–Kier alpha value is -2.68. The molecule has 2 rings (SSSR count). The van der Waals surface area contributed by atoms with Gasteiger partial charge in [0.15, 0.2) is 0 Å². The van der Waals surface area contributed by atoms with Crippen molar-refractivity contribution >= 4 is 17.7 Å². The van der Waals surface area contributed by atoms with Gasteiger partial charge in [-0.1, -0.05) is 6.07 Å². The van der Waals surface area contributed by atoms with Crippen molar-refractivity contribution < 1.29 is 23.5 Å². The van der Waals surface area contributed by atoms with Crippen LogP contribution in [0.1, 0.15) is 18.4 Å². The molecule has 0 radical (unpaired) electrons. The zero-order valence-electron chi connectivity index (χ0n) is 14.6. The van der Waals surface area contributed by atoms with E-state index in [1.54, 1.807) is 17.0 Å². The van der Waals surface area contributed by atoms with Crippen LogP contribution in [0.2, 0.25) is 0 Å². The molecule has 0 bridgehead atoms. The maximum Gasteiger partial charge on any atom is 0.237 e. The highest BCUT2D eigenvalue weighted by molar-refractivity contribution is 5.89. The molecule has 0 aliphatic carbocycles. The van der Waals surface area contributed by atoms with E-state index in [-0.39, 0.29) is 37.7 Å². The first kappa shape index (κ1) is 19.6. The zero-order chi connectivity index (χ0) is 19.1. The molecule has 0 unspecified atom stereocenters. The maximum absolute atomic E-state index is 14.2. The molecule has 26 heavy (non-hydrogen) atoms. The van der Waals surface area contributed by atoms with E-state index in [1.807, 2.05) is 0 Å². The average Bonchev–Trinajstić information content (AvgIpc) is 2.59. The number of hydrogen-bond acceptors (Lipinski definition) is 5. The standard InChI is InChI=1S/C17H23FN4O4/c1-26-12-3-2-11(13(18)8-12)10-22-7-6-21-17(25)14(22)9-16(24)20-5-4-15(19)23/h2-3,8,14H,4-7,9-10H2,1H3,(H2,19,23)(H,20,24)(H,21,25)/t14-/m1/s1. The van der Waals surface area contributed by atoms with Crippen LogP contribution in [0.5, 0.6) is 5.75 Å². The number of methoxy groups -OCH3 is 1. The van der Waals surface area contributed by atoms with Crippen LogP contribution in [0.25, 0.3) is 0 Å². The van der Waals surface area contributed by atoms with Crippen LogP contribution in [0.15, 0.2) is 18.2 Å². The highest BCUT2D eigenvalue weighted by Gasteiger charge is 2.32. The number of nitrogens with one attached hydrogen (secondary N) is 2. The normalized spacial score (nSPS) is 17.5. The fraction of sp³-hybridized carbons (Fsp3) is 0.471. The molecule has 8 nitrogen and oxygen atoms in total. The van der Waals surface area contributed by atoms with E-state index in [4.69, 9.17) is 10.5 Å². The lowest BCUT2D eigenvalue weighted by molar-refractivity contribution is -0.134. The number of carbonyl (C=O) groups is 3. The number of nitrogens with two attached hydrogens (primary N) is 1. The number of primary amides is 1. The second-order valence-electron chi connectivity index (χ2n) is 6.01. The summed E-state index contributed by atoms with van der Waals surface area (Å²) in [6, 6.07) is 3.82. The van der Waals surface area contributed by atoms with Crippen LogP contribution in [0, 0.1) is 5.82 Å². The number of ether oxygens (including phenoxy) is 1. The molecule has 1 fully saturated rings. The summed E-state index contributed by atoms with van der Waals surface area (Å²) in [6.07, 6.45) is -0.0499. The molecule has 0 aromatic heterocycles. The Labute approximate surface area is 150 Å². The van der Waals surface area contributed by atoms with Gasteiger partial charge in [-0.05, 0) is 6.07 Å². The second-order valence-corrected chi connectivity index (χ2v) is 6.01. The van der Waals surface area contributed by atoms with Gasteiger partial charge in [0.2, 0.25) is 17.7 Å². The Morgan fingerprint density at radius 2 is 2.23 bits per heavy atom. The first-order valence-electron chi connectivity index (χ1n) is 8.30. The molecule has 0 spiro atoms. The molecule has 1 heterocycles. The van der Waals surface area contributed by atoms with Crippen LogP contribution in [0.4, 0.5) is 4.39 Å². The molecule has 1 saturated heterocycles. The van der Waals surface area contributed by atoms with Crippen molar-refractivity contribution in [3.8, 4) is 5.75 Å². The predicted molar refractivity (Wildman–Crippen MR) is 91.6 cm³/mol. The summed E-state index contributed by atoms with van der Waals surface area (Å²) < 4.78 is 19.2. The Balaban J connectivity index is 2.02. The minimum absolute atomic E-state index is 0.0311. The highest BCUT2D eigenvalue weighted by Crippen LogP contribution is 2.20. The van der Waals surface area contributed by atoms with Crippen LogP contribution in [0.3, 0.4) is 0 Å². The summed E-state index contributed by atoms with van der Waals surface area (Å²) in [5.74, 6) is -1.19. The first-order valence-corrected chi connectivity index (χ1v) is 8.30. The van der Waals surface area contributed by atoms with Crippen molar-refractivity contribution in [2.45, 2.75) is 25.4 Å². The molecular formula is C17H23FN4O4. The smallest absolute Gasteiger partial charge is 0.237 e. The van der Waals surface area contributed by atoms with Gasteiger partial charge in [0.1, 0.15) is 11.6 Å². The largest absolute Gasteiger partial charge is 0.497 e. The molecule has 4 N–H and O–H groups in total. The lowest BCUT2D eigenvalue weighted by Crippen LogP contribution is -2.56. The van der Waals surface area contributed by atoms with Crippen LogP contribution >= 0.6 is 0 Å². The Morgan fingerprint density at radius 3 is 2.88 bits per heavy atom. The molecule has 9 heteroatoms. The highest BCUT2D eigenvalue weighted by atomic mass is 19.1. The van der Waals surface area contributed by atoms with E-state index in [0.29, 0.717) is 24.4 Å². The number of carbonyl (C=O) groups excluding carboxylic acids is 3. The molecular weight excluding hydrogens is 343 g/mol. The summed E-state index contributed by atoms with van der Waals surface area (Å²) in [6.45, 7) is 1.24. The van der Waals surface area contributed by atoms with Gasteiger partial charge in [0.25, 0.3) is 0 Å². The monoisotopic (exact) mass is 366 g/mol. The van der Waals surface area contributed by atoms with E-state index in [1.165, 1.54) is 13.2 Å². The second kappa shape index (κ2) is 9.14. The van der Waals surface area contributed by atoms with Crippen molar-refractivity contribution in [2.24, 2.45) is 5.73 Å². The molecule has 3 amide bonds. The molecule has 1 atom stereocenters. The third-order valence-electron chi connectivity index (χ3n) is 4.15. The van der Waals surface area contributed by atoms with Crippen LogP contribution < -0.4 is 21.1 Å². The summed E-state index contributed by atoms with van der Waals surface area (Å²) in [5, 5.41) is 5.27. The number of amides is 3. The van der Waals surface area contributed by atoms with Gasteiger partial charge in [-0.2, -0.15) is 0 Å². The Morgan fingerprint density at radius 1 is 1.46 bits per heavy atom. The Bertz CT molecular complexity index is 683. The lowest BCUT2D eigenvalue weighted by atomic mass is 10.1. The maximum atomic E-state index is 14.2. The molecule has 1 aliphatic heterocycles. The van der Waals surface area contributed by atoms with Crippen molar-refractivity contribution in [3.63, 3.8) is 0 Å². The van der Waals surface area contributed by atoms with Crippen LogP contribution in [-0.2, 0) is 20.9 Å². The van der Waals surface area contributed by atoms with Gasteiger partial charge >= 0.3 is 0 Å². The van der Waals surface area contributed by atoms with E-state index in [9.17, 15) is 18.8 Å². The van der Waals surface area contributed by atoms with Crippen molar-refractivity contribution in [1.29, 1.82) is 0 Å². The number of rotatable bonds is 8. The van der Waals surface area contributed by atoms with Crippen molar-refractivity contribution in [1.82, 2.24) is 15.5 Å². The third kappa shape index (κ3) is 5.41. The third-order valence-corrected chi connectivity index (χ3v) is 4.15. The molecule has 0 saturated carbocycles. The van der Waals surface area contributed by atoms with Gasteiger partial charge < -0.3 is 21.1 Å². The minimum atomic E-state index is -0.709. The number of nitrogens with zero attached hydrogens (tertiary/aromatic N) is 1. The van der Waals surface area contributed by atoms with E-state index in [2.05, 4.69) is 10.6 Å². The van der Waals surface area contributed by atoms with Gasteiger partial charge in [-0.25, -0.2) is 4.39 Å². The quantitative estimate of drug-likeness (QED) is 0.575. The number of hydrogen-bond donors (Lipinski definition) is 3. The molecule has 142 valence electrons. The van der Waals surface area contributed by atoms with Crippen molar-refractivity contribution in [3.05, 3.63) is 29.6 Å². The summed E-state index contributed by atoms with van der Waals surface area (Å²) >= 11 is 0. The lowest BCUT2D eigenvalue weighted by Gasteiger charge is -2.34. The summed E-state index contributed by atoms with van der Waals surface area (Å²) in [7, 11) is 1.45. The molecule has 1 aromatic rings. The van der Waals surface area contributed by atoms with Gasteiger partial charge in [-0.15, -0.1) is 0 Å². The van der Waals surface area contributed by atoms with Crippen molar-refractivity contribution in [2.75, 3.05) is 26.7 Å². The van der Waals surface area contributed by atoms with Gasteiger partial charge in [-0.3, -0.25) is 19.3 Å². The van der Waals surface area contributed by atoms with Gasteiger partial charge in [0, 0.05) is 44.2 Å². The summed E-state index contributed by atoms with van der Waals surface area (Å²) in [5.41, 5.74) is 5.44. The van der Waals surface area contributed by atoms with E-state index < -0.39 is 17.8 Å². The first-order chi connectivity index (χ1) is 12.4. The SMILES string of the molecule is COc1ccc(CN2CCNC(=O)[C@H]2CC(=O)NCCC(N)=O)c(F)c1. The topological polar surface area (TPSA) is 114 Å². The molecule has 1 aliphatic rings. The van der Waals surface area contributed by atoms with Gasteiger partial charge in [0.05, 0.1) is 19.6 Å². The van der Waals surface area contributed by atoms with Crippen LogP contribution in [-0.4, -0.2) is 55.4 Å². The predicted octanol–water partition coefficient (Wildman–Crippen LogP) is -0.484. The fourth-order valence-electron chi connectivity index (χ4n) is 2.75. The number of benzene rings is 1. The molecule has 1 aromatic carbocycles. The fourth-order valence-corrected chi connectivity index (χ4v) is 2.75. The number of piperazine rings is 1. The summed E-state index contributed by atoms with van der Waals surface area (Å²) in [4.78, 5) is 36.7. The minimum Gasteiger partial charge on any atom is -0.497 e. The Kier molecular flexibility index (Phi) is 6.90. The zero-order valence-corrected chi connectivity index (χ0v) is 14.6. The van der Waals surface area contributed by atoms with E-state index in [0.717, 1.165) is 0 Å². The average molecular weight is 366 g/mol. The number of halogens is 1.